The number of carbonyl (C=O) groups excluding carboxylic acids is 1. The van der Waals surface area contributed by atoms with Crippen molar-refractivity contribution < 1.29 is 22.5 Å². The summed E-state index contributed by atoms with van der Waals surface area (Å²) in [7, 11) is -2.60. The average molecular weight is 363 g/mol. The molecule has 0 spiro atoms. The minimum absolute atomic E-state index is 0.0666. The highest BCUT2D eigenvalue weighted by atomic mass is 32.2. The van der Waals surface area contributed by atoms with Crippen LogP contribution in [0.15, 0.2) is 53.4 Å². The monoisotopic (exact) mass is 363 g/mol. The average Bonchev–Trinajstić information content (AvgIpc) is 2.60. The maximum atomic E-state index is 11.3. The molecule has 0 amide bonds. The lowest BCUT2D eigenvalue weighted by Crippen LogP contribution is -2.34. The summed E-state index contributed by atoms with van der Waals surface area (Å²) < 4.78 is 34.3. The molecule has 7 heteroatoms. The van der Waals surface area contributed by atoms with Crippen LogP contribution in [0.3, 0.4) is 0 Å². The van der Waals surface area contributed by atoms with Crippen molar-refractivity contribution in [1.29, 1.82) is 0 Å². The van der Waals surface area contributed by atoms with Crippen LogP contribution >= 0.6 is 0 Å². The summed E-state index contributed by atoms with van der Waals surface area (Å²) in [4.78, 5) is 11.2. The van der Waals surface area contributed by atoms with Gasteiger partial charge in [0.1, 0.15) is 6.04 Å². The van der Waals surface area contributed by atoms with Crippen LogP contribution < -0.4 is 5.32 Å². The quantitative estimate of drug-likeness (QED) is 0.630. The topological polar surface area (TPSA) is 92.7 Å². The van der Waals surface area contributed by atoms with Gasteiger partial charge < -0.3 is 10.1 Å². The van der Waals surface area contributed by atoms with Crippen LogP contribution in [0.2, 0.25) is 0 Å². The van der Waals surface area contributed by atoms with E-state index in [-0.39, 0.29) is 16.9 Å². The summed E-state index contributed by atoms with van der Waals surface area (Å²) >= 11 is 0. The Labute approximate surface area is 147 Å². The Morgan fingerprint density at radius 3 is 2.40 bits per heavy atom. The molecule has 3 rings (SSSR count). The van der Waals surface area contributed by atoms with Gasteiger partial charge in [0.2, 0.25) is 0 Å². The summed E-state index contributed by atoms with van der Waals surface area (Å²) in [6.45, 7) is 1.84. The summed E-state index contributed by atoms with van der Waals surface area (Å²) in [6.07, 6.45) is 1.74. The van der Waals surface area contributed by atoms with E-state index < -0.39 is 10.1 Å². The van der Waals surface area contributed by atoms with Crippen LogP contribution in [0.4, 0.5) is 5.69 Å². The van der Waals surface area contributed by atoms with Crippen molar-refractivity contribution in [3.05, 3.63) is 59.7 Å². The first-order valence-corrected chi connectivity index (χ1v) is 9.21. The van der Waals surface area contributed by atoms with Gasteiger partial charge >= 0.3 is 5.97 Å². The molecule has 0 aliphatic carbocycles. The van der Waals surface area contributed by atoms with Crippen molar-refractivity contribution in [2.45, 2.75) is 30.7 Å². The first kappa shape index (κ1) is 19.0. The first-order chi connectivity index (χ1) is 11.8. The molecule has 2 aromatic rings. The lowest BCUT2D eigenvalue weighted by molar-refractivity contribution is -0.141. The highest BCUT2D eigenvalue weighted by Gasteiger charge is 2.23. The normalized spacial score (nSPS) is 15.9. The van der Waals surface area contributed by atoms with E-state index in [0.29, 0.717) is 0 Å². The predicted octanol–water partition coefficient (Wildman–Crippen LogP) is 2.83. The van der Waals surface area contributed by atoms with Crippen LogP contribution in [0, 0.1) is 6.92 Å². The molecule has 1 atom stereocenters. The Hall–Kier alpha value is -2.38. The van der Waals surface area contributed by atoms with Gasteiger partial charge in [-0.3, -0.25) is 4.55 Å². The smallest absolute Gasteiger partial charge is 0.328 e. The molecular weight excluding hydrogens is 342 g/mol. The third-order valence-electron chi connectivity index (χ3n) is 3.85. The molecule has 134 valence electrons. The maximum Gasteiger partial charge on any atom is 0.328 e. The standard InChI is InChI=1S/C11H13NO2.C7H8O3S/c1-14-11(13)10-7-6-8-4-2-3-5-9(8)12-10;1-6-2-4-7(5-3-6)11(8,9)10/h2-5,10,12H,6-7H2,1H3;2-5H,1H3,(H,8,9,10). The van der Waals surface area contributed by atoms with Gasteiger partial charge in [-0.2, -0.15) is 8.42 Å². The van der Waals surface area contributed by atoms with Crippen molar-refractivity contribution in [2.75, 3.05) is 12.4 Å². The van der Waals surface area contributed by atoms with Crippen LogP contribution in [0.5, 0.6) is 0 Å². The number of anilines is 1. The maximum absolute atomic E-state index is 11.3. The predicted molar refractivity (Wildman–Crippen MR) is 95.2 cm³/mol. The van der Waals surface area contributed by atoms with Gasteiger partial charge in [-0.15, -0.1) is 0 Å². The molecule has 1 aliphatic rings. The number of para-hydroxylation sites is 1. The lowest BCUT2D eigenvalue weighted by Gasteiger charge is -2.24. The van der Waals surface area contributed by atoms with E-state index in [0.717, 1.165) is 24.1 Å². The Morgan fingerprint density at radius 1 is 1.16 bits per heavy atom. The summed E-state index contributed by atoms with van der Waals surface area (Å²) in [5.41, 5.74) is 3.28. The fraction of sp³-hybridized carbons (Fsp3) is 0.278. The number of fused-ring (bicyclic) bond motifs is 1. The minimum atomic E-state index is -4.02. The molecule has 0 radical (unpaired) electrons. The number of rotatable bonds is 2. The lowest BCUT2D eigenvalue weighted by atomic mass is 9.98. The second-order valence-electron chi connectivity index (χ2n) is 5.70. The zero-order valence-corrected chi connectivity index (χ0v) is 14.9. The van der Waals surface area contributed by atoms with Gasteiger partial charge in [0.25, 0.3) is 10.1 Å². The number of ether oxygens (including phenoxy) is 1. The molecule has 1 unspecified atom stereocenters. The van der Waals surface area contributed by atoms with Gasteiger partial charge in [-0.1, -0.05) is 35.9 Å². The van der Waals surface area contributed by atoms with E-state index in [4.69, 9.17) is 9.29 Å². The van der Waals surface area contributed by atoms with Crippen LogP contribution in [0.1, 0.15) is 17.5 Å². The van der Waals surface area contributed by atoms with Crippen molar-refractivity contribution in [1.82, 2.24) is 0 Å². The summed E-state index contributed by atoms with van der Waals surface area (Å²) in [5, 5.41) is 3.17. The molecular formula is C18H21NO5S. The van der Waals surface area contributed by atoms with E-state index in [2.05, 4.69) is 11.4 Å². The highest BCUT2D eigenvalue weighted by molar-refractivity contribution is 7.85. The number of hydrogen-bond donors (Lipinski definition) is 2. The number of hydrogen-bond acceptors (Lipinski definition) is 5. The van der Waals surface area contributed by atoms with E-state index >= 15 is 0 Å². The van der Waals surface area contributed by atoms with Gasteiger partial charge in [0, 0.05) is 5.69 Å². The zero-order valence-electron chi connectivity index (χ0n) is 14.1. The van der Waals surface area contributed by atoms with Gasteiger partial charge in [-0.25, -0.2) is 4.79 Å². The molecule has 0 saturated heterocycles. The van der Waals surface area contributed by atoms with Crippen LogP contribution in [-0.2, 0) is 26.1 Å². The molecule has 1 aliphatic heterocycles. The number of aryl methyl sites for hydroxylation is 2. The van der Waals surface area contributed by atoms with E-state index in [1.165, 1.54) is 24.8 Å². The molecule has 2 N–H and O–H groups in total. The molecule has 25 heavy (non-hydrogen) atoms. The van der Waals surface area contributed by atoms with E-state index in [1.54, 1.807) is 12.1 Å². The molecule has 0 bridgehead atoms. The zero-order chi connectivity index (χ0) is 18.4. The summed E-state index contributed by atoms with van der Waals surface area (Å²) in [6, 6.07) is 13.8. The van der Waals surface area contributed by atoms with Gasteiger partial charge in [0.05, 0.1) is 12.0 Å². The Morgan fingerprint density at radius 2 is 1.80 bits per heavy atom. The minimum Gasteiger partial charge on any atom is -0.467 e. The number of nitrogens with one attached hydrogen (secondary N) is 1. The Kier molecular flexibility index (Phi) is 6.17. The highest BCUT2D eigenvalue weighted by Crippen LogP contribution is 2.24. The number of methoxy groups -OCH3 is 1. The molecule has 0 fully saturated rings. The Bertz CT molecular complexity index is 831. The second kappa shape index (κ2) is 8.13. The molecule has 6 nitrogen and oxygen atoms in total. The largest absolute Gasteiger partial charge is 0.467 e. The molecule has 2 aromatic carbocycles. The van der Waals surface area contributed by atoms with E-state index in [1.807, 2.05) is 25.1 Å². The third-order valence-corrected chi connectivity index (χ3v) is 4.72. The van der Waals surface area contributed by atoms with Crippen molar-refractivity contribution in [3.63, 3.8) is 0 Å². The van der Waals surface area contributed by atoms with E-state index in [9.17, 15) is 13.2 Å². The molecule has 0 aromatic heterocycles. The fourth-order valence-corrected chi connectivity index (χ4v) is 2.95. The molecule has 1 heterocycles. The van der Waals surface area contributed by atoms with Crippen LogP contribution in [0.25, 0.3) is 0 Å². The number of benzene rings is 2. The summed E-state index contributed by atoms with van der Waals surface area (Å²) in [5.74, 6) is -0.181. The second-order valence-corrected chi connectivity index (χ2v) is 7.13. The van der Waals surface area contributed by atoms with Crippen LogP contribution in [-0.4, -0.2) is 32.1 Å². The number of esters is 1. The molecule has 0 saturated carbocycles. The fourth-order valence-electron chi connectivity index (χ4n) is 2.47. The number of carbonyl (C=O) groups is 1. The SMILES string of the molecule is COC(=O)C1CCc2ccccc2N1.Cc1ccc(S(=O)(=O)O)cc1. The van der Waals surface area contributed by atoms with Crippen molar-refractivity contribution in [2.24, 2.45) is 0 Å². The first-order valence-electron chi connectivity index (χ1n) is 7.77. The van der Waals surface area contributed by atoms with Crippen molar-refractivity contribution in [3.8, 4) is 0 Å². The van der Waals surface area contributed by atoms with Gasteiger partial charge in [0.15, 0.2) is 0 Å². The van der Waals surface area contributed by atoms with Gasteiger partial charge in [-0.05, 0) is 43.5 Å². The van der Waals surface area contributed by atoms with Crippen molar-refractivity contribution >= 4 is 21.8 Å². The third kappa shape index (κ3) is 5.30. The Balaban J connectivity index is 0.000000186.